The summed E-state index contributed by atoms with van der Waals surface area (Å²) in [5.74, 6) is 1.16. The zero-order valence-corrected chi connectivity index (χ0v) is 15.4. The van der Waals surface area contributed by atoms with Crippen molar-refractivity contribution in [2.75, 3.05) is 22.6 Å². The highest BCUT2D eigenvalue weighted by Crippen LogP contribution is 2.24. The lowest BCUT2D eigenvalue weighted by Crippen LogP contribution is -2.12. The highest BCUT2D eigenvalue weighted by molar-refractivity contribution is 7.80. The van der Waals surface area contributed by atoms with Gasteiger partial charge in [0.25, 0.3) is 0 Å². The molecule has 6 nitrogen and oxygen atoms in total. The highest BCUT2D eigenvalue weighted by atomic mass is 32.1. The number of aromatic nitrogens is 2. The molecule has 0 aliphatic rings. The third kappa shape index (κ3) is 4.52. The summed E-state index contributed by atoms with van der Waals surface area (Å²) < 4.78 is 0. The van der Waals surface area contributed by atoms with Gasteiger partial charge in [-0.2, -0.15) is 4.98 Å². The maximum absolute atomic E-state index is 11.1. The summed E-state index contributed by atoms with van der Waals surface area (Å²) >= 11 is 4.33. The lowest BCUT2D eigenvalue weighted by Gasteiger charge is -2.19. The van der Waals surface area contributed by atoms with Crippen LogP contribution in [0.5, 0.6) is 0 Å². The van der Waals surface area contributed by atoms with Gasteiger partial charge in [0, 0.05) is 42.1 Å². The van der Waals surface area contributed by atoms with E-state index in [2.05, 4.69) is 33.2 Å². The van der Waals surface area contributed by atoms with Gasteiger partial charge < -0.3 is 15.5 Å². The summed E-state index contributed by atoms with van der Waals surface area (Å²) in [6.07, 6.45) is 1.71. The summed E-state index contributed by atoms with van der Waals surface area (Å²) in [6.45, 7) is 1.48. The largest absolute Gasteiger partial charge is 0.329 e. The second kappa shape index (κ2) is 7.88. The number of anilines is 5. The molecular formula is C19H19N5OS. The minimum atomic E-state index is -0.0945. The molecule has 2 aromatic carbocycles. The minimum absolute atomic E-state index is 0.0945. The van der Waals surface area contributed by atoms with Crippen LogP contribution in [-0.2, 0) is 4.79 Å². The molecule has 0 atom stereocenters. The third-order valence-electron chi connectivity index (χ3n) is 3.66. The first-order valence-corrected chi connectivity index (χ1v) is 8.46. The summed E-state index contributed by atoms with van der Waals surface area (Å²) in [6, 6.07) is 17.0. The number of amides is 1. The van der Waals surface area contributed by atoms with E-state index in [1.165, 1.54) is 6.92 Å². The van der Waals surface area contributed by atoms with Gasteiger partial charge in [-0.3, -0.25) is 4.79 Å². The molecule has 0 bridgehead atoms. The Bertz CT molecular complexity index is 914. The number of benzene rings is 2. The minimum Gasteiger partial charge on any atom is -0.329 e. The van der Waals surface area contributed by atoms with Crippen LogP contribution in [0.15, 0.2) is 65.7 Å². The summed E-state index contributed by atoms with van der Waals surface area (Å²) in [5, 5.41) is 5.93. The Hall–Kier alpha value is -3.06. The average molecular weight is 365 g/mol. The van der Waals surface area contributed by atoms with Gasteiger partial charge in [0.05, 0.1) is 0 Å². The van der Waals surface area contributed by atoms with E-state index in [0.717, 1.165) is 27.8 Å². The number of carbonyl (C=O) groups is 1. The van der Waals surface area contributed by atoms with E-state index in [1.807, 2.05) is 66.5 Å². The lowest BCUT2D eigenvalue weighted by atomic mass is 10.2. The molecule has 1 amide bonds. The normalized spacial score (nSPS) is 10.3. The van der Waals surface area contributed by atoms with Crippen LogP contribution in [0.4, 0.5) is 28.8 Å². The predicted molar refractivity (Wildman–Crippen MR) is 108 cm³/mol. The maximum Gasteiger partial charge on any atom is 0.229 e. The molecule has 3 rings (SSSR count). The van der Waals surface area contributed by atoms with Gasteiger partial charge in [0.1, 0.15) is 5.82 Å². The Kier molecular flexibility index (Phi) is 5.38. The van der Waals surface area contributed by atoms with E-state index in [0.29, 0.717) is 5.95 Å². The standard InChI is InChI=1S/C19H19N5OS/c1-13(25)21-14-6-8-16(9-7-14)24(2)18-10-11-20-19(23-18)22-15-4-3-5-17(26)12-15/h3-12,26H,1-2H3,(H,21,25)(H,20,22,23). The third-order valence-corrected chi connectivity index (χ3v) is 3.94. The van der Waals surface area contributed by atoms with Crippen LogP contribution in [0, 0.1) is 0 Å². The van der Waals surface area contributed by atoms with Gasteiger partial charge in [-0.05, 0) is 48.5 Å². The maximum atomic E-state index is 11.1. The number of thiol groups is 1. The van der Waals surface area contributed by atoms with Crippen molar-refractivity contribution < 1.29 is 4.79 Å². The molecule has 0 fully saturated rings. The van der Waals surface area contributed by atoms with E-state index in [9.17, 15) is 4.79 Å². The monoisotopic (exact) mass is 365 g/mol. The van der Waals surface area contributed by atoms with E-state index >= 15 is 0 Å². The van der Waals surface area contributed by atoms with Gasteiger partial charge in [0.15, 0.2) is 0 Å². The molecule has 7 heteroatoms. The second-order valence-corrected chi connectivity index (χ2v) is 6.22. The van der Waals surface area contributed by atoms with Crippen molar-refractivity contribution in [1.29, 1.82) is 0 Å². The molecule has 2 N–H and O–H groups in total. The predicted octanol–water partition coefficient (Wildman–Crippen LogP) is 4.24. The number of nitrogens with zero attached hydrogens (tertiary/aromatic N) is 3. The summed E-state index contributed by atoms with van der Waals surface area (Å²) in [7, 11) is 1.92. The van der Waals surface area contributed by atoms with Crippen molar-refractivity contribution in [2.24, 2.45) is 0 Å². The molecule has 0 saturated heterocycles. The fourth-order valence-electron chi connectivity index (χ4n) is 2.41. The number of hydrogen-bond acceptors (Lipinski definition) is 6. The first kappa shape index (κ1) is 17.8. The first-order chi connectivity index (χ1) is 12.5. The first-order valence-electron chi connectivity index (χ1n) is 8.02. The van der Waals surface area contributed by atoms with Crippen LogP contribution in [0.25, 0.3) is 0 Å². The number of hydrogen-bond donors (Lipinski definition) is 3. The van der Waals surface area contributed by atoms with Gasteiger partial charge in [-0.1, -0.05) is 6.07 Å². The summed E-state index contributed by atoms with van der Waals surface area (Å²) in [4.78, 5) is 22.7. The Morgan fingerprint density at radius 2 is 1.85 bits per heavy atom. The van der Waals surface area contributed by atoms with Crippen LogP contribution in [0.3, 0.4) is 0 Å². The van der Waals surface area contributed by atoms with E-state index in [4.69, 9.17) is 0 Å². The molecule has 0 radical (unpaired) electrons. The molecule has 1 aromatic heterocycles. The quantitative estimate of drug-likeness (QED) is 0.590. The van der Waals surface area contributed by atoms with Crippen LogP contribution in [0.2, 0.25) is 0 Å². The zero-order valence-electron chi connectivity index (χ0n) is 14.5. The fraction of sp³-hybridized carbons (Fsp3) is 0.105. The molecule has 26 heavy (non-hydrogen) atoms. The Balaban J connectivity index is 1.77. The van der Waals surface area contributed by atoms with E-state index in [1.54, 1.807) is 6.20 Å². The molecule has 0 unspecified atom stereocenters. The molecular weight excluding hydrogens is 346 g/mol. The topological polar surface area (TPSA) is 70.2 Å². The van der Waals surface area contributed by atoms with Crippen molar-refractivity contribution in [1.82, 2.24) is 9.97 Å². The molecule has 3 aromatic rings. The molecule has 0 saturated carbocycles. The van der Waals surface area contributed by atoms with E-state index < -0.39 is 0 Å². The fourth-order valence-corrected chi connectivity index (χ4v) is 2.64. The van der Waals surface area contributed by atoms with Crippen LogP contribution in [0.1, 0.15) is 6.92 Å². The molecule has 0 aliphatic heterocycles. The Labute approximate surface area is 157 Å². The van der Waals surface area contributed by atoms with Gasteiger partial charge in [0.2, 0.25) is 11.9 Å². The lowest BCUT2D eigenvalue weighted by molar-refractivity contribution is -0.114. The second-order valence-electron chi connectivity index (χ2n) is 5.70. The molecule has 0 aliphatic carbocycles. The number of carbonyl (C=O) groups excluding carboxylic acids is 1. The Morgan fingerprint density at radius 1 is 1.08 bits per heavy atom. The van der Waals surface area contributed by atoms with Crippen molar-refractivity contribution in [3.8, 4) is 0 Å². The average Bonchev–Trinajstić information content (AvgIpc) is 2.61. The van der Waals surface area contributed by atoms with Gasteiger partial charge in [-0.25, -0.2) is 4.98 Å². The summed E-state index contributed by atoms with van der Waals surface area (Å²) in [5.41, 5.74) is 2.57. The zero-order chi connectivity index (χ0) is 18.5. The van der Waals surface area contributed by atoms with Crippen molar-refractivity contribution in [3.05, 3.63) is 60.8 Å². The van der Waals surface area contributed by atoms with Crippen molar-refractivity contribution >= 4 is 47.4 Å². The SMILES string of the molecule is CC(=O)Nc1ccc(N(C)c2ccnc(Nc3cccc(S)c3)n2)cc1. The smallest absolute Gasteiger partial charge is 0.229 e. The van der Waals surface area contributed by atoms with Crippen molar-refractivity contribution in [2.45, 2.75) is 11.8 Å². The number of nitrogens with one attached hydrogen (secondary N) is 2. The Morgan fingerprint density at radius 3 is 2.54 bits per heavy atom. The molecule has 0 spiro atoms. The van der Waals surface area contributed by atoms with Gasteiger partial charge >= 0.3 is 0 Å². The van der Waals surface area contributed by atoms with Crippen LogP contribution >= 0.6 is 12.6 Å². The van der Waals surface area contributed by atoms with Gasteiger partial charge in [-0.15, -0.1) is 12.6 Å². The van der Waals surface area contributed by atoms with Crippen LogP contribution in [-0.4, -0.2) is 22.9 Å². The van der Waals surface area contributed by atoms with Crippen LogP contribution < -0.4 is 15.5 Å². The molecule has 1 heterocycles. The molecule has 132 valence electrons. The van der Waals surface area contributed by atoms with E-state index in [-0.39, 0.29) is 5.91 Å². The number of rotatable bonds is 5. The van der Waals surface area contributed by atoms with Crippen molar-refractivity contribution in [3.63, 3.8) is 0 Å². The highest BCUT2D eigenvalue weighted by Gasteiger charge is 2.08.